The van der Waals surface area contributed by atoms with Gasteiger partial charge in [0, 0.05) is 11.6 Å². The van der Waals surface area contributed by atoms with Gasteiger partial charge in [-0.15, -0.1) is 0 Å². The lowest BCUT2D eigenvalue weighted by atomic mass is 9.56. The topological polar surface area (TPSA) is 21.3 Å². The second-order valence-electron chi connectivity index (χ2n) is 5.58. The van der Waals surface area contributed by atoms with Crippen molar-refractivity contribution in [3.05, 3.63) is 29.6 Å². The van der Waals surface area contributed by atoms with E-state index in [9.17, 15) is 4.39 Å². The van der Waals surface area contributed by atoms with Crippen LogP contribution in [0.4, 0.5) is 4.39 Å². The third-order valence-corrected chi connectivity index (χ3v) is 4.30. The van der Waals surface area contributed by atoms with Crippen LogP contribution in [-0.4, -0.2) is 19.7 Å². The van der Waals surface area contributed by atoms with E-state index in [1.54, 1.807) is 13.2 Å². The van der Waals surface area contributed by atoms with Crippen molar-refractivity contribution >= 4 is 0 Å². The molecule has 0 radical (unpaired) electrons. The van der Waals surface area contributed by atoms with Crippen LogP contribution in [0.25, 0.3) is 0 Å². The molecule has 2 unspecified atom stereocenters. The number of benzene rings is 1. The predicted octanol–water partition coefficient (Wildman–Crippen LogP) is 3.33. The molecule has 1 aromatic carbocycles. The maximum atomic E-state index is 14.1. The molecule has 0 bridgehead atoms. The zero-order valence-electron chi connectivity index (χ0n) is 11.6. The molecule has 18 heavy (non-hydrogen) atoms. The fourth-order valence-electron chi connectivity index (χ4n) is 3.04. The van der Waals surface area contributed by atoms with Gasteiger partial charge in [-0.2, -0.15) is 0 Å². The van der Waals surface area contributed by atoms with Gasteiger partial charge >= 0.3 is 0 Å². The second-order valence-corrected chi connectivity index (χ2v) is 5.58. The summed E-state index contributed by atoms with van der Waals surface area (Å²) < 4.78 is 19.4. The van der Waals surface area contributed by atoms with E-state index in [4.69, 9.17) is 4.74 Å². The van der Waals surface area contributed by atoms with Crippen molar-refractivity contribution in [1.29, 1.82) is 0 Å². The summed E-state index contributed by atoms with van der Waals surface area (Å²) in [6.45, 7) is 7.45. The lowest BCUT2D eigenvalue weighted by Crippen LogP contribution is -2.55. The van der Waals surface area contributed by atoms with Crippen LogP contribution >= 0.6 is 0 Å². The van der Waals surface area contributed by atoms with Gasteiger partial charge in [0.2, 0.25) is 0 Å². The first-order valence-corrected chi connectivity index (χ1v) is 6.58. The van der Waals surface area contributed by atoms with Crippen LogP contribution in [0.15, 0.2) is 18.2 Å². The Bertz CT molecular complexity index is 431. The van der Waals surface area contributed by atoms with E-state index < -0.39 is 0 Å². The molecule has 3 heteroatoms. The SMILES string of the molecule is CCNC1CC(c2c(F)cccc2OC)C1(C)C. The van der Waals surface area contributed by atoms with Gasteiger partial charge < -0.3 is 10.1 Å². The van der Waals surface area contributed by atoms with Crippen molar-refractivity contribution < 1.29 is 9.13 Å². The first-order chi connectivity index (χ1) is 8.52. The third kappa shape index (κ3) is 2.01. The molecule has 0 spiro atoms. The summed E-state index contributed by atoms with van der Waals surface area (Å²) in [5.41, 5.74) is 0.796. The van der Waals surface area contributed by atoms with Crippen LogP contribution in [0.3, 0.4) is 0 Å². The molecule has 1 aromatic rings. The predicted molar refractivity (Wildman–Crippen MR) is 71.6 cm³/mol. The maximum absolute atomic E-state index is 14.1. The van der Waals surface area contributed by atoms with E-state index >= 15 is 0 Å². The first-order valence-electron chi connectivity index (χ1n) is 6.58. The molecule has 100 valence electrons. The Kier molecular flexibility index (Phi) is 3.62. The third-order valence-electron chi connectivity index (χ3n) is 4.30. The Morgan fingerprint density at radius 3 is 2.72 bits per heavy atom. The molecular weight excluding hydrogens is 229 g/mol. The van der Waals surface area contributed by atoms with Crippen molar-refractivity contribution in [2.75, 3.05) is 13.7 Å². The van der Waals surface area contributed by atoms with Crippen LogP contribution < -0.4 is 10.1 Å². The van der Waals surface area contributed by atoms with E-state index in [1.165, 1.54) is 6.07 Å². The summed E-state index contributed by atoms with van der Waals surface area (Å²) in [6, 6.07) is 5.52. The highest BCUT2D eigenvalue weighted by Crippen LogP contribution is 2.54. The van der Waals surface area contributed by atoms with Crippen molar-refractivity contribution in [2.24, 2.45) is 5.41 Å². The maximum Gasteiger partial charge on any atom is 0.130 e. The molecule has 0 saturated heterocycles. The number of halogens is 1. The minimum atomic E-state index is -0.151. The molecule has 1 N–H and O–H groups in total. The van der Waals surface area contributed by atoms with Gasteiger partial charge in [-0.3, -0.25) is 0 Å². The highest BCUT2D eigenvalue weighted by Gasteiger charge is 2.50. The van der Waals surface area contributed by atoms with Gasteiger partial charge in [0.25, 0.3) is 0 Å². The van der Waals surface area contributed by atoms with Gasteiger partial charge in [0.15, 0.2) is 0 Å². The molecule has 0 heterocycles. The molecule has 2 rings (SSSR count). The molecule has 1 saturated carbocycles. The summed E-state index contributed by atoms with van der Waals surface area (Å²) in [6.07, 6.45) is 0.970. The minimum absolute atomic E-state index is 0.0610. The largest absolute Gasteiger partial charge is 0.496 e. The van der Waals surface area contributed by atoms with Crippen LogP contribution in [-0.2, 0) is 0 Å². The van der Waals surface area contributed by atoms with Gasteiger partial charge in [0.05, 0.1) is 7.11 Å². The smallest absolute Gasteiger partial charge is 0.130 e. The molecule has 1 fully saturated rings. The van der Waals surface area contributed by atoms with Crippen molar-refractivity contribution in [3.8, 4) is 5.75 Å². The van der Waals surface area contributed by atoms with Gasteiger partial charge in [-0.1, -0.05) is 26.8 Å². The van der Waals surface area contributed by atoms with Crippen LogP contribution in [0.5, 0.6) is 5.75 Å². The summed E-state index contributed by atoms with van der Waals surface area (Å²) in [7, 11) is 1.60. The van der Waals surface area contributed by atoms with Crippen LogP contribution in [0.2, 0.25) is 0 Å². The van der Waals surface area contributed by atoms with Gasteiger partial charge in [-0.25, -0.2) is 4.39 Å². The molecule has 1 aliphatic carbocycles. The summed E-state index contributed by atoms with van der Waals surface area (Å²) in [5.74, 6) is 0.739. The zero-order valence-corrected chi connectivity index (χ0v) is 11.6. The van der Waals surface area contributed by atoms with E-state index in [0.717, 1.165) is 18.5 Å². The molecule has 2 nitrogen and oxygen atoms in total. The number of methoxy groups -OCH3 is 1. The fourth-order valence-corrected chi connectivity index (χ4v) is 3.04. The normalized spacial score (nSPS) is 25.6. The highest BCUT2D eigenvalue weighted by molar-refractivity contribution is 5.41. The molecule has 1 aliphatic rings. The Balaban J connectivity index is 2.29. The van der Waals surface area contributed by atoms with Crippen molar-refractivity contribution in [1.82, 2.24) is 5.32 Å². The Labute approximate surface area is 109 Å². The molecule has 0 aliphatic heterocycles. The summed E-state index contributed by atoms with van der Waals surface area (Å²) >= 11 is 0. The quantitative estimate of drug-likeness (QED) is 0.886. The summed E-state index contributed by atoms with van der Waals surface area (Å²) in [4.78, 5) is 0. The minimum Gasteiger partial charge on any atom is -0.496 e. The van der Waals surface area contributed by atoms with Gasteiger partial charge in [-0.05, 0) is 36.4 Å². The Hall–Kier alpha value is -1.09. The number of rotatable bonds is 4. The Morgan fingerprint density at radius 1 is 1.44 bits per heavy atom. The monoisotopic (exact) mass is 251 g/mol. The zero-order chi connectivity index (χ0) is 13.3. The lowest BCUT2D eigenvalue weighted by Gasteiger charge is -2.53. The van der Waals surface area contributed by atoms with Crippen LogP contribution in [0, 0.1) is 11.2 Å². The lowest BCUT2D eigenvalue weighted by molar-refractivity contribution is 0.0666. The van der Waals surface area contributed by atoms with E-state index in [-0.39, 0.29) is 17.2 Å². The molecule has 2 atom stereocenters. The first kappa shape index (κ1) is 13.3. The standard InChI is InChI=1S/C15H22FNO/c1-5-17-13-9-10(15(13,2)3)14-11(16)7-6-8-12(14)18-4/h6-8,10,13,17H,5,9H2,1-4H3. The van der Waals surface area contributed by atoms with Gasteiger partial charge in [0.1, 0.15) is 11.6 Å². The number of hydrogen-bond acceptors (Lipinski definition) is 2. The van der Waals surface area contributed by atoms with Crippen molar-refractivity contribution in [2.45, 2.75) is 39.2 Å². The molecular formula is C15H22FNO. The highest BCUT2D eigenvalue weighted by atomic mass is 19.1. The average Bonchev–Trinajstić information content (AvgIpc) is 2.35. The number of hydrogen-bond donors (Lipinski definition) is 1. The van der Waals surface area contributed by atoms with Crippen molar-refractivity contribution in [3.63, 3.8) is 0 Å². The summed E-state index contributed by atoms with van der Waals surface area (Å²) in [5, 5.41) is 3.47. The van der Waals surface area contributed by atoms with E-state index in [1.807, 2.05) is 6.07 Å². The fraction of sp³-hybridized carbons (Fsp3) is 0.600. The number of ether oxygens (including phenoxy) is 1. The average molecular weight is 251 g/mol. The second kappa shape index (κ2) is 4.88. The molecule has 0 amide bonds. The number of nitrogens with one attached hydrogen (secondary N) is 1. The Morgan fingerprint density at radius 2 is 2.17 bits per heavy atom. The molecule has 0 aromatic heterocycles. The van der Waals surface area contributed by atoms with Crippen LogP contribution in [0.1, 0.15) is 38.7 Å². The van der Waals surface area contributed by atoms with E-state index in [0.29, 0.717) is 11.8 Å². The van der Waals surface area contributed by atoms with E-state index in [2.05, 4.69) is 26.1 Å².